The number of piperidine rings is 1. The minimum atomic E-state index is 0.613. The maximum atomic E-state index is 5.49. The molecule has 1 aromatic rings. The summed E-state index contributed by atoms with van der Waals surface area (Å²) in [6.45, 7) is 13.6. The quantitative estimate of drug-likeness (QED) is 0.579. The van der Waals surface area contributed by atoms with Crippen LogP contribution < -0.4 is 15.4 Å². The molecule has 146 valence electrons. The van der Waals surface area contributed by atoms with Crippen molar-refractivity contribution in [1.29, 1.82) is 0 Å². The monoisotopic (exact) mass is 360 g/mol. The smallest absolute Gasteiger partial charge is 0.191 e. The lowest BCUT2D eigenvalue weighted by Gasteiger charge is -2.35. The maximum absolute atomic E-state index is 5.49. The molecule has 5 nitrogen and oxygen atoms in total. The van der Waals surface area contributed by atoms with E-state index in [9.17, 15) is 0 Å². The first kappa shape index (κ1) is 20.6. The van der Waals surface area contributed by atoms with Crippen molar-refractivity contribution in [2.75, 3.05) is 33.3 Å². The second-order valence-corrected chi connectivity index (χ2v) is 7.49. The Hall–Kier alpha value is -1.75. The fourth-order valence-electron chi connectivity index (χ4n) is 3.46. The van der Waals surface area contributed by atoms with Crippen LogP contribution in [0.5, 0.6) is 5.75 Å². The Labute approximate surface area is 159 Å². The number of hydrogen-bond acceptors (Lipinski definition) is 3. The van der Waals surface area contributed by atoms with E-state index in [1.165, 1.54) is 31.5 Å². The third kappa shape index (κ3) is 6.20. The predicted octanol–water partition coefficient (Wildman–Crippen LogP) is 3.18. The zero-order valence-corrected chi connectivity index (χ0v) is 17.1. The van der Waals surface area contributed by atoms with Crippen LogP contribution in [-0.2, 0) is 6.54 Å². The highest BCUT2D eigenvalue weighted by atomic mass is 16.5. The van der Waals surface area contributed by atoms with Crippen LogP contribution in [0.15, 0.2) is 23.2 Å². The SMILES string of the molecule is CCNC(=NCc1ccc(C)cc1OC)NCC1CCCN(C(C)C)C1. The number of aliphatic imine (C=N–C) groups is 1. The predicted molar refractivity (Wildman–Crippen MR) is 110 cm³/mol. The van der Waals surface area contributed by atoms with Crippen LogP contribution in [0.4, 0.5) is 0 Å². The van der Waals surface area contributed by atoms with Gasteiger partial charge in [-0.3, -0.25) is 0 Å². The van der Waals surface area contributed by atoms with Crippen molar-refractivity contribution < 1.29 is 4.74 Å². The molecule has 1 unspecified atom stereocenters. The summed E-state index contributed by atoms with van der Waals surface area (Å²) in [5.74, 6) is 2.48. The van der Waals surface area contributed by atoms with E-state index in [2.05, 4.69) is 61.4 Å². The Morgan fingerprint density at radius 3 is 2.85 bits per heavy atom. The molecule has 1 fully saturated rings. The number of aryl methyl sites for hydroxylation is 1. The van der Waals surface area contributed by atoms with Gasteiger partial charge in [-0.1, -0.05) is 12.1 Å². The van der Waals surface area contributed by atoms with Gasteiger partial charge < -0.3 is 20.3 Å². The largest absolute Gasteiger partial charge is 0.496 e. The zero-order chi connectivity index (χ0) is 18.9. The highest BCUT2D eigenvalue weighted by Gasteiger charge is 2.21. The molecule has 0 saturated carbocycles. The molecule has 0 radical (unpaired) electrons. The summed E-state index contributed by atoms with van der Waals surface area (Å²) in [6, 6.07) is 6.90. The number of hydrogen-bond donors (Lipinski definition) is 2. The molecule has 1 heterocycles. The number of rotatable bonds is 7. The van der Waals surface area contributed by atoms with E-state index < -0.39 is 0 Å². The van der Waals surface area contributed by atoms with Crippen molar-refractivity contribution in [2.24, 2.45) is 10.9 Å². The van der Waals surface area contributed by atoms with Crippen LogP contribution in [0.25, 0.3) is 0 Å². The number of ether oxygens (including phenoxy) is 1. The van der Waals surface area contributed by atoms with Gasteiger partial charge >= 0.3 is 0 Å². The third-order valence-electron chi connectivity index (χ3n) is 5.03. The summed E-state index contributed by atoms with van der Waals surface area (Å²) in [4.78, 5) is 7.34. The van der Waals surface area contributed by atoms with E-state index in [4.69, 9.17) is 9.73 Å². The lowest BCUT2D eigenvalue weighted by Crippen LogP contribution is -2.46. The van der Waals surface area contributed by atoms with E-state index in [1.807, 2.05) is 0 Å². The molecule has 1 aromatic carbocycles. The van der Waals surface area contributed by atoms with E-state index in [0.29, 0.717) is 18.5 Å². The summed E-state index contributed by atoms with van der Waals surface area (Å²) in [7, 11) is 1.72. The number of methoxy groups -OCH3 is 1. The topological polar surface area (TPSA) is 48.9 Å². The van der Waals surface area contributed by atoms with Crippen LogP contribution in [-0.4, -0.2) is 50.2 Å². The average Bonchev–Trinajstić information content (AvgIpc) is 2.64. The van der Waals surface area contributed by atoms with Gasteiger partial charge in [-0.2, -0.15) is 0 Å². The van der Waals surface area contributed by atoms with Crippen LogP contribution in [0.2, 0.25) is 0 Å². The number of benzene rings is 1. The Kier molecular flexibility index (Phi) is 8.23. The molecule has 0 spiro atoms. The molecule has 1 saturated heterocycles. The first-order chi connectivity index (χ1) is 12.5. The van der Waals surface area contributed by atoms with Gasteiger partial charge in [0.25, 0.3) is 0 Å². The summed E-state index contributed by atoms with van der Waals surface area (Å²) in [6.07, 6.45) is 2.58. The van der Waals surface area contributed by atoms with Crippen LogP contribution >= 0.6 is 0 Å². The minimum absolute atomic E-state index is 0.613. The Morgan fingerprint density at radius 1 is 1.35 bits per heavy atom. The first-order valence-corrected chi connectivity index (χ1v) is 9.93. The summed E-state index contributed by atoms with van der Waals surface area (Å²) in [5, 5.41) is 6.90. The lowest BCUT2D eigenvalue weighted by atomic mass is 9.97. The molecule has 0 amide bonds. The van der Waals surface area contributed by atoms with Gasteiger partial charge in [0.1, 0.15) is 5.75 Å². The standard InChI is InChI=1S/C21H36N4O/c1-6-22-21(23-13-18-8-7-11-25(15-18)16(2)3)24-14-19-10-9-17(4)12-20(19)26-5/h9-10,12,16,18H,6-8,11,13-15H2,1-5H3,(H2,22,23,24). The molecule has 1 atom stereocenters. The fraction of sp³-hybridized carbons (Fsp3) is 0.667. The fourth-order valence-corrected chi connectivity index (χ4v) is 3.46. The van der Waals surface area contributed by atoms with E-state index in [0.717, 1.165) is 30.4 Å². The number of nitrogens with one attached hydrogen (secondary N) is 2. The zero-order valence-electron chi connectivity index (χ0n) is 17.1. The van der Waals surface area contributed by atoms with Gasteiger partial charge in [0.15, 0.2) is 5.96 Å². The van der Waals surface area contributed by atoms with Crippen molar-refractivity contribution in [3.05, 3.63) is 29.3 Å². The molecular formula is C21H36N4O. The van der Waals surface area contributed by atoms with E-state index in [1.54, 1.807) is 7.11 Å². The minimum Gasteiger partial charge on any atom is -0.496 e. The van der Waals surface area contributed by atoms with Gasteiger partial charge in [-0.25, -0.2) is 4.99 Å². The van der Waals surface area contributed by atoms with Crippen molar-refractivity contribution in [3.8, 4) is 5.75 Å². The van der Waals surface area contributed by atoms with Crippen LogP contribution in [0.3, 0.4) is 0 Å². The number of guanidine groups is 1. The molecule has 1 aliphatic rings. The van der Waals surface area contributed by atoms with Gasteiger partial charge in [-0.15, -0.1) is 0 Å². The highest BCUT2D eigenvalue weighted by molar-refractivity contribution is 5.79. The van der Waals surface area contributed by atoms with Crippen molar-refractivity contribution in [1.82, 2.24) is 15.5 Å². The van der Waals surface area contributed by atoms with Crippen LogP contribution in [0, 0.1) is 12.8 Å². The van der Waals surface area contributed by atoms with Gasteiger partial charge in [-0.05, 0) is 64.6 Å². The first-order valence-electron chi connectivity index (χ1n) is 9.93. The van der Waals surface area contributed by atoms with Gasteiger partial charge in [0, 0.05) is 31.2 Å². The molecule has 0 aromatic heterocycles. The van der Waals surface area contributed by atoms with Crippen LogP contribution in [0.1, 0.15) is 44.7 Å². The molecule has 26 heavy (non-hydrogen) atoms. The van der Waals surface area contributed by atoms with E-state index >= 15 is 0 Å². The van der Waals surface area contributed by atoms with Crippen molar-refractivity contribution in [3.63, 3.8) is 0 Å². The lowest BCUT2D eigenvalue weighted by molar-refractivity contribution is 0.141. The van der Waals surface area contributed by atoms with Gasteiger partial charge in [0.2, 0.25) is 0 Å². The molecule has 1 aliphatic heterocycles. The summed E-state index contributed by atoms with van der Waals surface area (Å²) in [5.41, 5.74) is 2.31. The average molecular weight is 361 g/mol. The van der Waals surface area contributed by atoms with E-state index in [-0.39, 0.29) is 0 Å². The maximum Gasteiger partial charge on any atom is 0.191 e. The third-order valence-corrected chi connectivity index (χ3v) is 5.03. The number of nitrogens with zero attached hydrogens (tertiary/aromatic N) is 2. The molecular weight excluding hydrogens is 324 g/mol. The van der Waals surface area contributed by atoms with Crippen molar-refractivity contribution >= 4 is 5.96 Å². The highest BCUT2D eigenvalue weighted by Crippen LogP contribution is 2.21. The van der Waals surface area contributed by atoms with Gasteiger partial charge in [0.05, 0.1) is 13.7 Å². The summed E-state index contributed by atoms with van der Waals surface area (Å²) < 4.78 is 5.49. The second kappa shape index (κ2) is 10.4. The molecule has 0 bridgehead atoms. The Bertz CT molecular complexity index is 585. The molecule has 2 rings (SSSR count). The normalized spacial score (nSPS) is 18.8. The molecule has 5 heteroatoms. The Balaban J connectivity index is 1.94. The number of likely N-dealkylation sites (tertiary alicyclic amines) is 1. The molecule has 0 aliphatic carbocycles. The Morgan fingerprint density at radius 2 is 2.15 bits per heavy atom. The molecule has 2 N–H and O–H groups in total. The summed E-state index contributed by atoms with van der Waals surface area (Å²) >= 11 is 0. The second-order valence-electron chi connectivity index (χ2n) is 7.49. The van der Waals surface area contributed by atoms with Crippen molar-refractivity contribution in [2.45, 2.75) is 53.1 Å².